The van der Waals surface area contributed by atoms with E-state index in [2.05, 4.69) is 4.72 Å². The Kier molecular flexibility index (Phi) is 3.40. The molecule has 0 radical (unpaired) electrons. The smallest absolute Gasteiger partial charge is 0.207 e. The van der Waals surface area contributed by atoms with Crippen molar-refractivity contribution in [3.05, 3.63) is 29.8 Å². The molecule has 1 rings (SSSR count). The molecule has 15 heavy (non-hydrogen) atoms. The van der Waals surface area contributed by atoms with Crippen LogP contribution in [0.5, 0.6) is 0 Å². The van der Waals surface area contributed by atoms with Crippen molar-refractivity contribution in [2.75, 3.05) is 6.54 Å². The minimum absolute atomic E-state index is 0.0583. The summed E-state index contributed by atoms with van der Waals surface area (Å²) >= 11 is 0. The van der Waals surface area contributed by atoms with Crippen molar-refractivity contribution in [3.63, 3.8) is 0 Å². The normalized spacial score (nSPS) is 10.3. The second-order valence-corrected chi connectivity index (χ2v) is 4.33. The van der Waals surface area contributed by atoms with Crippen LogP contribution in [0.25, 0.3) is 0 Å². The van der Waals surface area contributed by atoms with Gasteiger partial charge in [-0.3, -0.25) is 0 Å². The molecule has 0 bridgehead atoms. The van der Waals surface area contributed by atoms with Gasteiger partial charge in [-0.2, -0.15) is 15.2 Å². The number of hydrogen-bond donors (Lipinski definition) is 1. The topological polar surface area (TPSA) is 93.8 Å². The van der Waals surface area contributed by atoms with Gasteiger partial charge in [-0.15, -0.1) is 0 Å². The average molecular weight is 221 g/mol. The van der Waals surface area contributed by atoms with Crippen molar-refractivity contribution in [2.24, 2.45) is 0 Å². The van der Waals surface area contributed by atoms with Crippen LogP contribution in [0.2, 0.25) is 0 Å². The minimum Gasteiger partial charge on any atom is -0.207 e. The molecule has 0 fully saturated rings. The number of rotatable bonds is 3. The Morgan fingerprint density at radius 1 is 1.27 bits per heavy atom. The largest absolute Gasteiger partial charge is 0.242 e. The Morgan fingerprint density at radius 3 is 2.53 bits per heavy atom. The summed E-state index contributed by atoms with van der Waals surface area (Å²) in [6.07, 6.45) is 0. The molecule has 76 valence electrons. The van der Waals surface area contributed by atoms with Crippen molar-refractivity contribution in [1.82, 2.24) is 4.72 Å². The van der Waals surface area contributed by atoms with E-state index in [0.29, 0.717) is 0 Å². The fourth-order valence-electron chi connectivity index (χ4n) is 0.998. The Labute approximate surface area is 87.6 Å². The molecule has 1 aromatic rings. The summed E-state index contributed by atoms with van der Waals surface area (Å²) in [5.41, 5.74) is 0.0583. The van der Waals surface area contributed by atoms with Crippen LogP contribution < -0.4 is 4.72 Å². The summed E-state index contributed by atoms with van der Waals surface area (Å²) in [7, 11) is -3.76. The third-order valence-corrected chi connectivity index (χ3v) is 3.10. The standard InChI is InChI=1S/C9H7N3O2S/c10-5-6-12-15(13,14)9-4-2-1-3-8(9)7-11/h1-4,12H,6H2. The molecule has 1 N–H and O–H groups in total. The lowest BCUT2D eigenvalue weighted by Gasteiger charge is -2.04. The van der Waals surface area contributed by atoms with E-state index in [1.807, 2.05) is 0 Å². The lowest BCUT2D eigenvalue weighted by Crippen LogP contribution is -2.24. The molecule has 0 aliphatic rings. The van der Waals surface area contributed by atoms with Crippen molar-refractivity contribution in [1.29, 1.82) is 10.5 Å². The number of benzene rings is 1. The van der Waals surface area contributed by atoms with E-state index in [-0.39, 0.29) is 17.0 Å². The maximum atomic E-state index is 11.6. The molecule has 0 aliphatic heterocycles. The highest BCUT2D eigenvalue weighted by molar-refractivity contribution is 7.89. The number of nitriles is 2. The Bertz CT molecular complexity index is 537. The minimum atomic E-state index is -3.76. The van der Waals surface area contributed by atoms with Gasteiger partial charge in [0.25, 0.3) is 0 Å². The SMILES string of the molecule is N#CCNS(=O)(=O)c1ccccc1C#N. The second kappa shape index (κ2) is 4.56. The summed E-state index contributed by atoms with van der Waals surface area (Å²) in [6, 6.07) is 9.24. The van der Waals surface area contributed by atoms with Gasteiger partial charge in [0.15, 0.2) is 0 Å². The van der Waals surface area contributed by atoms with Crippen molar-refractivity contribution < 1.29 is 8.42 Å². The molecular formula is C9H7N3O2S. The first kappa shape index (κ1) is 11.2. The van der Waals surface area contributed by atoms with Gasteiger partial charge in [0.1, 0.15) is 6.07 Å². The maximum Gasteiger partial charge on any atom is 0.242 e. The van der Waals surface area contributed by atoms with Gasteiger partial charge in [0.05, 0.1) is 23.1 Å². The van der Waals surface area contributed by atoms with E-state index in [0.717, 1.165) is 0 Å². The average Bonchev–Trinajstić information content (AvgIpc) is 2.26. The first-order valence-corrected chi connectivity index (χ1v) is 5.46. The van der Waals surface area contributed by atoms with Gasteiger partial charge in [0.2, 0.25) is 10.0 Å². The van der Waals surface area contributed by atoms with Crippen LogP contribution in [-0.4, -0.2) is 15.0 Å². The van der Waals surface area contributed by atoms with Crippen LogP contribution in [0.15, 0.2) is 29.2 Å². The van der Waals surface area contributed by atoms with Crippen molar-refractivity contribution >= 4 is 10.0 Å². The predicted molar refractivity (Wildman–Crippen MR) is 52.0 cm³/mol. The Balaban J connectivity index is 3.18. The molecule has 6 heteroatoms. The molecule has 0 unspecified atom stereocenters. The van der Waals surface area contributed by atoms with Crippen LogP contribution in [-0.2, 0) is 10.0 Å². The Morgan fingerprint density at radius 2 is 1.93 bits per heavy atom. The fourth-order valence-corrected chi connectivity index (χ4v) is 2.07. The second-order valence-electron chi connectivity index (χ2n) is 2.59. The quantitative estimate of drug-likeness (QED) is 0.745. The molecule has 0 saturated carbocycles. The third-order valence-electron chi connectivity index (χ3n) is 1.64. The van der Waals surface area contributed by atoms with Crippen LogP contribution >= 0.6 is 0 Å². The first-order chi connectivity index (χ1) is 7.11. The van der Waals surface area contributed by atoms with Crippen LogP contribution in [0, 0.1) is 22.7 Å². The molecular weight excluding hydrogens is 214 g/mol. The molecule has 0 aliphatic carbocycles. The molecule has 1 aromatic carbocycles. The van der Waals surface area contributed by atoms with Gasteiger partial charge < -0.3 is 0 Å². The molecule has 0 aromatic heterocycles. The van der Waals surface area contributed by atoms with E-state index in [4.69, 9.17) is 10.5 Å². The highest BCUT2D eigenvalue weighted by atomic mass is 32.2. The maximum absolute atomic E-state index is 11.6. The molecule has 0 atom stereocenters. The van der Waals surface area contributed by atoms with Crippen molar-refractivity contribution in [3.8, 4) is 12.1 Å². The highest BCUT2D eigenvalue weighted by Crippen LogP contribution is 2.13. The van der Waals surface area contributed by atoms with Crippen LogP contribution in [0.4, 0.5) is 0 Å². The van der Waals surface area contributed by atoms with Gasteiger partial charge >= 0.3 is 0 Å². The molecule has 0 spiro atoms. The van der Waals surface area contributed by atoms with E-state index < -0.39 is 10.0 Å². The Hall–Kier alpha value is -1.89. The van der Waals surface area contributed by atoms with Crippen LogP contribution in [0.1, 0.15) is 5.56 Å². The van der Waals surface area contributed by atoms with Gasteiger partial charge in [-0.05, 0) is 12.1 Å². The zero-order chi connectivity index (χ0) is 11.3. The zero-order valence-electron chi connectivity index (χ0n) is 7.64. The van der Waals surface area contributed by atoms with Gasteiger partial charge in [0, 0.05) is 0 Å². The van der Waals surface area contributed by atoms with Crippen molar-refractivity contribution in [2.45, 2.75) is 4.90 Å². The van der Waals surface area contributed by atoms with E-state index in [1.54, 1.807) is 18.2 Å². The zero-order valence-corrected chi connectivity index (χ0v) is 8.45. The van der Waals surface area contributed by atoms with Crippen LogP contribution in [0.3, 0.4) is 0 Å². The monoisotopic (exact) mass is 221 g/mol. The van der Waals surface area contributed by atoms with Gasteiger partial charge in [-0.1, -0.05) is 12.1 Å². The van der Waals surface area contributed by atoms with Gasteiger partial charge in [-0.25, -0.2) is 8.42 Å². The predicted octanol–water partition coefficient (Wildman–Crippen LogP) is 0.360. The summed E-state index contributed by atoms with van der Waals surface area (Å²) < 4.78 is 25.2. The molecule has 0 amide bonds. The summed E-state index contributed by atoms with van der Waals surface area (Å²) in [4.78, 5) is -0.109. The van der Waals surface area contributed by atoms with E-state index in [9.17, 15) is 8.42 Å². The molecule has 0 saturated heterocycles. The fraction of sp³-hybridized carbons (Fsp3) is 0.111. The lowest BCUT2D eigenvalue weighted by atomic mass is 10.2. The summed E-state index contributed by atoms with van der Waals surface area (Å²) in [6.45, 7) is -0.317. The lowest BCUT2D eigenvalue weighted by molar-refractivity contribution is 0.585. The molecule has 5 nitrogen and oxygen atoms in total. The number of hydrogen-bond acceptors (Lipinski definition) is 4. The third kappa shape index (κ3) is 2.53. The summed E-state index contributed by atoms with van der Waals surface area (Å²) in [5, 5.41) is 17.0. The number of nitrogens with zero attached hydrogens (tertiary/aromatic N) is 2. The van der Waals surface area contributed by atoms with E-state index in [1.165, 1.54) is 18.2 Å². The highest BCUT2D eigenvalue weighted by Gasteiger charge is 2.16. The first-order valence-electron chi connectivity index (χ1n) is 3.97. The molecule has 0 heterocycles. The van der Waals surface area contributed by atoms with E-state index >= 15 is 0 Å². The number of sulfonamides is 1. The number of nitrogens with one attached hydrogen (secondary N) is 1. The summed E-state index contributed by atoms with van der Waals surface area (Å²) in [5.74, 6) is 0.